The highest BCUT2D eigenvalue weighted by Gasteiger charge is 2.55. The number of ether oxygens (including phenoxy) is 6. The fraction of sp³-hybridized carbons (Fsp3) is 0.882. The van der Waals surface area contributed by atoms with Crippen LogP contribution in [0.4, 0.5) is 4.79 Å². The lowest BCUT2D eigenvalue weighted by Crippen LogP contribution is -2.60. The average molecular weight is 701 g/mol. The molecule has 0 aromatic rings. The largest absolute Gasteiger partial charge is 0.468 e. The van der Waals surface area contributed by atoms with E-state index in [2.05, 4.69) is 16.0 Å². The third-order valence-electron chi connectivity index (χ3n) is 10.6. The van der Waals surface area contributed by atoms with E-state index in [9.17, 15) is 24.3 Å². The third-order valence-corrected chi connectivity index (χ3v) is 10.6. The Morgan fingerprint density at radius 1 is 1.12 bits per heavy atom. The van der Waals surface area contributed by atoms with Gasteiger partial charge >= 0.3 is 18.0 Å². The minimum absolute atomic E-state index is 0.0111. The number of esters is 2. The van der Waals surface area contributed by atoms with Crippen molar-refractivity contribution in [1.82, 2.24) is 20.9 Å². The number of carbonyl (C=O) groups is 4. The second-order valence-electron chi connectivity index (χ2n) is 14.6. The molecule has 282 valence electrons. The van der Waals surface area contributed by atoms with E-state index < -0.39 is 83.6 Å². The number of aliphatic hydroxyl groups excluding tert-OH is 1. The molecule has 0 aliphatic carbocycles. The maximum Gasteiger partial charge on any atom is 0.408 e. The number of nitrogens with zero attached hydrogens (tertiary/aromatic N) is 1. The molecule has 3 rings (SSSR count). The molecule has 0 aromatic carbocycles. The van der Waals surface area contributed by atoms with Gasteiger partial charge < -0.3 is 54.4 Å². The summed E-state index contributed by atoms with van der Waals surface area (Å²) in [6, 6.07) is -1.15. The maximum absolute atomic E-state index is 14.2. The number of carbonyl (C=O) groups excluding carboxylic acids is 4. The number of likely N-dealkylation sites (N-methyl/N-ethyl adjacent to an activating group) is 1. The minimum atomic E-state index is -1.19. The molecular formula is C34H60N4O11. The van der Waals surface area contributed by atoms with Crippen LogP contribution in [0.15, 0.2) is 0 Å². The highest BCUT2D eigenvalue weighted by atomic mass is 16.7. The molecule has 0 saturated carbocycles. The molecule has 13 atom stereocenters. The minimum Gasteiger partial charge on any atom is -0.468 e. The lowest BCUT2D eigenvalue weighted by molar-refractivity contribution is -0.297. The second-order valence-corrected chi connectivity index (χ2v) is 14.6. The van der Waals surface area contributed by atoms with Crippen LogP contribution in [-0.2, 0) is 42.8 Å². The molecule has 3 aliphatic rings. The number of nitrogens with one attached hydrogen (secondary N) is 3. The molecule has 5 unspecified atom stereocenters. The normalized spacial score (nSPS) is 41.2. The van der Waals surface area contributed by atoms with Gasteiger partial charge in [0.1, 0.15) is 18.1 Å². The van der Waals surface area contributed by atoms with Crippen LogP contribution in [0.2, 0.25) is 0 Å². The maximum atomic E-state index is 14.2. The number of fused-ring (bicyclic) bond motifs is 1. The first-order valence-electron chi connectivity index (χ1n) is 17.4. The molecule has 1 amide bonds. The lowest BCUT2D eigenvalue weighted by atomic mass is 9.78. The molecule has 0 spiro atoms. The standard InChI is InChI=1S/C34H60N4O11/c1-12-24-34(7)28(37-32(43)49-34)21(5)36-15-18(2)14-33(6,45-11)29(19(3)26(40)20(4)30(42)47-24)48-31-27(41)23(38(8)9)13-22(46-31)16-35-17-25(39)44-10/h18-24,27-29,31,35-36,41H,12-17H2,1-11H3,(H,37,43)/t18-,19+,20?,21-,22?,23?,24-,27?,28-,29-,31?,33-,34-/m1/s1. The molecule has 0 radical (unpaired) electrons. The van der Waals surface area contributed by atoms with Crippen LogP contribution in [-0.4, -0.2) is 142 Å². The molecule has 3 heterocycles. The molecule has 0 bridgehead atoms. The number of methoxy groups -OCH3 is 2. The number of rotatable bonds is 9. The van der Waals surface area contributed by atoms with Crippen molar-refractivity contribution >= 4 is 23.8 Å². The van der Waals surface area contributed by atoms with Crippen molar-refractivity contribution in [2.75, 3.05) is 47.9 Å². The Morgan fingerprint density at radius 2 is 1.80 bits per heavy atom. The van der Waals surface area contributed by atoms with Gasteiger partial charge in [0, 0.05) is 31.7 Å². The van der Waals surface area contributed by atoms with Gasteiger partial charge in [-0.2, -0.15) is 0 Å². The highest BCUT2D eigenvalue weighted by Crippen LogP contribution is 2.37. The average Bonchev–Trinajstić information content (AvgIpc) is 3.38. The number of ketones is 1. The number of hydrogen-bond acceptors (Lipinski definition) is 14. The molecule has 0 aromatic heterocycles. The molecule has 4 N–H and O–H groups in total. The van der Waals surface area contributed by atoms with Crippen molar-refractivity contribution in [1.29, 1.82) is 0 Å². The highest BCUT2D eigenvalue weighted by molar-refractivity contribution is 6.00. The molecule has 15 nitrogen and oxygen atoms in total. The molecule has 3 saturated heterocycles. The summed E-state index contributed by atoms with van der Waals surface area (Å²) in [5.41, 5.74) is -2.26. The van der Waals surface area contributed by atoms with E-state index in [1.807, 2.05) is 46.7 Å². The van der Waals surface area contributed by atoms with Crippen molar-refractivity contribution in [2.45, 2.75) is 128 Å². The van der Waals surface area contributed by atoms with Crippen molar-refractivity contribution in [3.63, 3.8) is 0 Å². The summed E-state index contributed by atoms with van der Waals surface area (Å²) in [4.78, 5) is 53.9. The number of alkyl carbamates (subject to hydrolysis) is 1. The number of hydrogen-bond donors (Lipinski definition) is 4. The molecule has 15 heteroatoms. The Balaban J connectivity index is 1.99. The van der Waals surface area contributed by atoms with Crippen LogP contribution in [0.1, 0.15) is 67.7 Å². The van der Waals surface area contributed by atoms with Gasteiger partial charge in [0.25, 0.3) is 0 Å². The summed E-state index contributed by atoms with van der Waals surface area (Å²) in [5.74, 6) is -3.71. The van der Waals surface area contributed by atoms with Crippen LogP contribution in [0.3, 0.4) is 0 Å². The topological polar surface area (TPSA) is 183 Å². The predicted octanol–water partition coefficient (Wildman–Crippen LogP) is 0.994. The Morgan fingerprint density at radius 3 is 2.39 bits per heavy atom. The molecule has 3 aliphatic heterocycles. The zero-order valence-corrected chi connectivity index (χ0v) is 31.1. The Kier molecular flexibility index (Phi) is 14.4. The Hall–Kier alpha value is -2.40. The smallest absolute Gasteiger partial charge is 0.408 e. The van der Waals surface area contributed by atoms with Gasteiger partial charge in [0.15, 0.2) is 17.7 Å². The monoisotopic (exact) mass is 700 g/mol. The third kappa shape index (κ3) is 9.48. The summed E-state index contributed by atoms with van der Waals surface area (Å²) in [6.45, 7) is 13.4. The van der Waals surface area contributed by atoms with Crippen molar-refractivity contribution in [3.8, 4) is 0 Å². The van der Waals surface area contributed by atoms with Gasteiger partial charge in [0.05, 0.1) is 37.5 Å². The number of amides is 1. The van der Waals surface area contributed by atoms with Crippen LogP contribution >= 0.6 is 0 Å². The van der Waals surface area contributed by atoms with Gasteiger partial charge in [-0.1, -0.05) is 20.8 Å². The van der Waals surface area contributed by atoms with Gasteiger partial charge in [-0.15, -0.1) is 0 Å². The van der Waals surface area contributed by atoms with E-state index in [4.69, 9.17) is 28.4 Å². The van der Waals surface area contributed by atoms with Crippen molar-refractivity contribution in [3.05, 3.63) is 0 Å². The quantitative estimate of drug-likeness (QED) is 0.152. The Labute approximate surface area is 290 Å². The van der Waals surface area contributed by atoms with Crippen LogP contribution < -0.4 is 16.0 Å². The van der Waals surface area contributed by atoms with Gasteiger partial charge in [-0.05, 0) is 73.5 Å². The SMILES string of the molecule is CC[C@H]1OC(=O)C(C)C(=O)[C@H](C)[C@@H](OC2OC(CNCC(=O)OC)CC(N(C)C)C2O)[C@](C)(OC)C[C@@H](C)CN[C@H](C)[C@H]2NC(=O)O[C@@]21C. The fourth-order valence-corrected chi connectivity index (χ4v) is 7.56. The summed E-state index contributed by atoms with van der Waals surface area (Å²) in [5, 5.41) is 21.0. The van der Waals surface area contributed by atoms with Crippen molar-refractivity contribution < 1.29 is 52.7 Å². The Bertz CT molecular complexity index is 1160. The van der Waals surface area contributed by atoms with Gasteiger partial charge in [0.2, 0.25) is 0 Å². The first-order chi connectivity index (χ1) is 22.9. The molecular weight excluding hydrogens is 640 g/mol. The van der Waals surface area contributed by atoms with E-state index in [0.717, 1.165) is 0 Å². The van der Waals surface area contributed by atoms with Gasteiger partial charge in [-0.25, -0.2) is 4.79 Å². The molecule has 49 heavy (non-hydrogen) atoms. The predicted molar refractivity (Wildman–Crippen MR) is 178 cm³/mol. The van der Waals surface area contributed by atoms with E-state index in [1.165, 1.54) is 14.0 Å². The van der Waals surface area contributed by atoms with Crippen molar-refractivity contribution in [2.24, 2.45) is 17.8 Å². The second kappa shape index (κ2) is 17.2. The molecule has 3 fully saturated rings. The van der Waals surface area contributed by atoms with Crippen LogP contribution in [0, 0.1) is 17.8 Å². The van der Waals surface area contributed by atoms with Crippen LogP contribution in [0.25, 0.3) is 0 Å². The fourth-order valence-electron chi connectivity index (χ4n) is 7.56. The summed E-state index contributed by atoms with van der Waals surface area (Å²) in [6.07, 6.45) is -3.85. The summed E-state index contributed by atoms with van der Waals surface area (Å²) >= 11 is 0. The van der Waals surface area contributed by atoms with E-state index >= 15 is 0 Å². The van der Waals surface area contributed by atoms with E-state index in [-0.39, 0.29) is 24.5 Å². The first-order valence-corrected chi connectivity index (χ1v) is 17.4. The van der Waals surface area contributed by atoms with E-state index in [0.29, 0.717) is 32.4 Å². The van der Waals surface area contributed by atoms with E-state index in [1.54, 1.807) is 21.0 Å². The summed E-state index contributed by atoms with van der Waals surface area (Å²) < 4.78 is 35.5. The number of cyclic esters (lactones) is 1. The van der Waals surface area contributed by atoms with Crippen LogP contribution in [0.5, 0.6) is 0 Å². The summed E-state index contributed by atoms with van der Waals surface area (Å²) in [7, 11) is 6.56. The first kappa shape index (κ1) is 41.0. The number of aliphatic hydroxyl groups is 1. The number of Topliss-reactive ketones (excluding diaryl/α,β-unsaturated/α-hetero) is 1. The van der Waals surface area contributed by atoms with Gasteiger partial charge in [-0.3, -0.25) is 14.4 Å². The lowest BCUT2D eigenvalue weighted by Gasteiger charge is -2.47. The zero-order valence-electron chi connectivity index (χ0n) is 31.1. The zero-order chi connectivity index (χ0) is 36.8.